The largest absolute Gasteiger partial charge is 0.497 e. The summed E-state index contributed by atoms with van der Waals surface area (Å²) in [5.74, 6) is 1.21. The first-order valence-electron chi connectivity index (χ1n) is 9.62. The molecule has 0 N–H and O–H groups in total. The number of methoxy groups -OCH3 is 1. The Morgan fingerprint density at radius 1 is 1.08 bits per heavy atom. The summed E-state index contributed by atoms with van der Waals surface area (Å²) in [7, 11) is 1.69. The first-order valence-corrected chi connectivity index (χ1v) is 9.62. The molecule has 2 aliphatic heterocycles. The van der Waals surface area contributed by atoms with Gasteiger partial charge >= 0.3 is 0 Å². The van der Waals surface area contributed by atoms with Crippen molar-refractivity contribution in [2.24, 2.45) is 0 Å². The molecular weight excluding hydrogens is 314 g/mol. The molecule has 0 aliphatic carbocycles. The first kappa shape index (κ1) is 18.1. The molecule has 2 heterocycles. The van der Waals surface area contributed by atoms with Crippen molar-refractivity contribution in [1.82, 2.24) is 9.80 Å². The average molecular weight is 345 g/mol. The fourth-order valence-corrected chi connectivity index (χ4v) is 3.99. The van der Waals surface area contributed by atoms with Gasteiger partial charge in [0.15, 0.2) is 0 Å². The Morgan fingerprint density at radius 2 is 1.80 bits per heavy atom. The van der Waals surface area contributed by atoms with Crippen molar-refractivity contribution in [1.29, 1.82) is 0 Å². The van der Waals surface area contributed by atoms with E-state index in [9.17, 15) is 4.79 Å². The van der Waals surface area contributed by atoms with E-state index < -0.39 is 0 Å². The van der Waals surface area contributed by atoms with E-state index in [4.69, 9.17) is 4.74 Å². The summed E-state index contributed by atoms with van der Waals surface area (Å²) >= 11 is 0. The number of carbonyl (C=O) groups is 1. The zero-order valence-corrected chi connectivity index (χ0v) is 15.6. The van der Waals surface area contributed by atoms with Gasteiger partial charge in [0.2, 0.25) is 5.91 Å². The predicted molar refractivity (Wildman–Crippen MR) is 101 cm³/mol. The zero-order chi connectivity index (χ0) is 17.6. The second-order valence-electron chi connectivity index (χ2n) is 7.11. The molecule has 25 heavy (non-hydrogen) atoms. The van der Waals surface area contributed by atoms with E-state index >= 15 is 0 Å². The topological polar surface area (TPSA) is 36.0 Å². The summed E-state index contributed by atoms with van der Waals surface area (Å²) in [6.45, 7) is 7.55. The number of rotatable bonds is 5. The standard InChI is InChI=1S/C20H31N3O2/c1-3-17-6-4-5-11-23(17)20(24)16-21-12-14-22(15-13-21)18-7-9-19(25-2)10-8-18/h7-10,17H,3-6,11-16H2,1-2H3. The molecule has 138 valence electrons. The van der Waals surface area contributed by atoms with Crippen LogP contribution in [0.15, 0.2) is 24.3 Å². The molecule has 1 unspecified atom stereocenters. The van der Waals surface area contributed by atoms with Gasteiger partial charge in [-0.05, 0) is 49.9 Å². The Morgan fingerprint density at radius 3 is 2.44 bits per heavy atom. The Bertz CT molecular complexity index is 553. The molecule has 0 radical (unpaired) electrons. The Kier molecular flexibility index (Phi) is 6.19. The molecule has 1 atom stereocenters. The number of piperidine rings is 1. The van der Waals surface area contributed by atoms with Gasteiger partial charge in [-0.25, -0.2) is 0 Å². The van der Waals surface area contributed by atoms with Crippen molar-refractivity contribution < 1.29 is 9.53 Å². The smallest absolute Gasteiger partial charge is 0.236 e. The first-order chi connectivity index (χ1) is 12.2. The molecule has 1 aromatic carbocycles. The van der Waals surface area contributed by atoms with Gasteiger partial charge in [-0.15, -0.1) is 0 Å². The molecule has 3 rings (SSSR count). The molecule has 0 saturated carbocycles. The average Bonchev–Trinajstić information content (AvgIpc) is 2.68. The molecular formula is C20H31N3O2. The third kappa shape index (κ3) is 4.46. The Labute approximate surface area is 151 Å². The molecule has 2 fully saturated rings. The number of benzene rings is 1. The van der Waals surface area contributed by atoms with E-state index in [1.807, 2.05) is 12.1 Å². The molecule has 0 aromatic heterocycles. The van der Waals surface area contributed by atoms with E-state index in [0.717, 1.165) is 51.3 Å². The minimum absolute atomic E-state index is 0.324. The quantitative estimate of drug-likeness (QED) is 0.822. The highest BCUT2D eigenvalue weighted by molar-refractivity contribution is 5.78. The minimum Gasteiger partial charge on any atom is -0.497 e. The molecule has 5 nitrogen and oxygen atoms in total. The van der Waals surface area contributed by atoms with Gasteiger partial charge in [-0.3, -0.25) is 9.69 Å². The lowest BCUT2D eigenvalue weighted by molar-refractivity contribution is -0.136. The van der Waals surface area contributed by atoms with Crippen LogP contribution in [-0.2, 0) is 4.79 Å². The number of ether oxygens (including phenoxy) is 1. The maximum absolute atomic E-state index is 12.7. The summed E-state index contributed by atoms with van der Waals surface area (Å²) in [4.78, 5) is 19.5. The summed E-state index contributed by atoms with van der Waals surface area (Å²) in [5, 5.41) is 0. The van der Waals surface area contributed by atoms with Gasteiger partial charge in [0.1, 0.15) is 5.75 Å². The van der Waals surface area contributed by atoms with Crippen LogP contribution < -0.4 is 9.64 Å². The van der Waals surface area contributed by atoms with E-state index in [0.29, 0.717) is 18.5 Å². The van der Waals surface area contributed by atoms with Crippen molar-refractivity contribution in [3.63, 3.8) is 0 Å². The van der Waals surface area contributed by atoms with E-state index in [1.54, 1.807) is 7.11 Å². The molecule has 0 spiro atoms. The fraction of sp³-hybridized carbons (Fsp3) is 0.650. The Balaban J connectivity index is 1.49. The summed E-state index contributed by atoms with van der Waals surface area (Å²) in [6, 6.07) is 8.69. The van der Waals surface area contributed by atoms with Crippen LogP contribution >= 0.6 is 0 Å². The highest BCUT2D eigenvalue weighted by Crippen LogP contribution is 2.22. The van der Waals surface area contributed by atoms with Crippen LogP contribution in [0.4, 0.5) is 5.69 Å². The Hall–Kier alpha value is -1.75. The van der Waals surface area contributed by atoms with Gasteiger partial charge in [0, 0.05) is 44.5 Å². The van der Waals surface area contributed by atoms with Crippen molar-refractivity contribution in [2.45, 2.75) is 38.6 Å². The van der Waals surface area contributed by atoms with Crippen molar-refractivity contribution >= 4 is 11.6 Å². The number of amides is 1. The number of nitrogens with zero attached hydrogens (tertiary/aromatic N) is 3. The number of anilines is 1. The van der Waals surface area contributed by atoms with Crippen molar-refractivity contribution in [2.75, 3.05) is 51.3 Å². The van der Waals surface area contributed by atoms with E-state index in [2.05, 4.69) is 33.8 Å². The van der Waals surface area contributed by atoms with Gasteiger partial charge in [0.05, 0.1) is 13.7 Å². The molecule has 2 saturated heterocycles. The monoisotopic (exact) mass is 345 g/mol. The maximum atomic E-state index is 12.7. The summed E-state index contributed by atoms with van der Waals surface area (Å²) in [6.07, 6.45) is 4.68. The third-order valence-electron chi connectivity index (χ3n) is 5.59. The third-order valence-corrected chi connectivity index (χ3v) is 5.59. The van der Waals surface area contributed by atoms with Gasteiger partial charge in [-0.1, -0.05) is 6.92 Å². The second-order valence-corrected chi connectivity index (χ2v) is 7.11. The second kappa shape index (κ2) is 8.56. The lowest BCUT2D eigenvalue weighted by atomic mass is 10.00. The van der Waals surface area contributed by atoms with E-state index in [-0.39, 0.29) is 0 Å². The fourth-order valence-electron chi connectivity index (χ4n) is 3.99. The number of carbonyl (C=O) groups excluding carboxylic acids is 1. The zero-order valence-electron chi connectivity index (χ0n) is 15.6. The molecule has 0 bridgehead atoms. The summed E-state index contributed by atoms with van der Waals surface area (Å²) < 4.78 is 5.22. The highest BCUT2D eigenvalue weighted by atomic mass is 16.5. The van der Waals surface area contributed by atoms with Gasteiger partial charge < -0.3 is 14.5 Å². The van der Waals surface area contributed by atoms with Crippen LogP contribution in [0.2, 0.25) is 0 Å². The summed E-state index contributed by atoms with van der Waals surface area (Å²) in [5.41, 5.74) is 1.23. The van der Waals surface area contributed by atoms with Crippen LogP contribution in [0, 0.1) is 0 Å². The highest BCUT2D eigenvalue weighted by Gasteiger charge is 2.27. The number of hydrogen-bond acceptors (Lipinski definition) is 4. The van der Waals surface area contributed by atoms with Gasteiger partial charge in [-0.2, -0.15) is 0 Å². The lowest BCUT2D eigenvalue weighted by Gasteiger charge is -2.39. The molecule has 1 aromatic rings. The van der Waals surface area contributed by atoms with Crippen LogP contribution in [0.5, 0.6) is 5.75 Å². The molecule has 2 aliphatic rings. The van der Waals surface area contributed by atoms with Crippen molar-refractivity contribution in [3.05, 3.63) is 24.3 Å². The number of likely N-dealkylation sites (tertiary alicyclic amines) is 1. The van der Waals surface area contributed by atoms with Crippen LogP contribution in [0.3, 0.4) is 0 Å². The van der Waals surface area contributed by atoms with Crippen molar-refractivity contribution in [3.8, 4) is 5.75 Å². The van der Waals surface area contributed by atoms with Crippen LogP contribution in [0.25, 0.3) is 0 Å². The SMILES string of the molecule is CCC1CCCCN1C(=O)CN1CCN(c2ccc(OC)cc2)CC1. The van der Waals surface area contributed by atoms with Crippen LogP contribution in [-0.4, -0.2) is 68.1 Å². The molecule has 1 amide bonds. The molecule has 5 heteroatoms. The number of hydrogen-bond donors (Lipinski definition) is 0. The predicted octanol–water partition coefficient (Wildman–Crippen LogP) is 2.61. The number of piperazine rings is 1. The lowest BCUT2D eigenvalue weighted by Crippen LogP contribution is -2.52. The van der Waals surface area contributed by atoms with Gasteiger partial charge in [0.25, 0.3) is 0 Å². The van der Waals surface area contributed by atoms with E-state index in [1.165, 1.54) is 18.5 Å². The minimum atomic E-state index is 0.324. The van der Waals surface area contributed by atoms with Crippen LogP contribution in [0.1, 0.15) is 32.6 Å². The normalized spacial score (nSPS) is 22.1. The maximum Gasteiger partial charge on any atom is 0.236 e.